The molecule has 2 aliphatic heterocycles. The Hall–Kier alpha value is -2.31. The number of nitrogens with one attached hydrogen (secondary N) is 1. The van der Waals surface area contributed by atoms with Gasteiger partial charge in [-0.25, -0.2) is 9.98 Å². The third kappa shape index (κ3) is 5.36. The first-order chi connectivity index (χ1) is 13.6. The number of anilines is 1. The molecule has 3 rings (SSSR count). The highest BCUT2D eigenvalue weighted by atomic mass is 16.2. The lowest BCUT2D eigenvalue weighted by Gasteiger charge is -2.36. The van der Waals surface area contributed by atoms with Crippen LogP contribution in [0.5, 0.6) is 0 Å². The number of piperazine rings is 1. The highest BCUT2D eigenvalue weighted by Crippen LogP contribution is 2.21. The first-order valence-corrected chi connectivity index (χ1v) is 10.6. The van der Waals surface area contributed by atoms with Crippen molar-refractivity contribution < 1.29 is 4.79 Å². The fourth-order valence-electron chi connectivity index (χ4n) is 3.76. The molecule has 0 aromatic carbocycles. The van der Waals surface area contributed by atoms with Gasteiger partial charge in [0, 0.05) is 58.9 Å². The van der Waals surface area contributed by atoms with E-state index in [0.717, 1.165) is 69.1 Å². The van der Waals surface area contributed by atoms with Crippen LogP contribution in [-0.4, -0.2) is 72.5 Å². The van der Waals surface area contributed by atoms with Gasteiger partial charge in [-0.3, -0.25) is 4.79 Å². The molecule has 1 amide bonds. The minimum atomic E-state index is 0.149. The molecule has 2 saturated heterocycles. The maximum absolute atomic E-state index is 11.5. The number of rotatable bonds is 4. The molecule has 7 heteroatoms. The summed E-state index contributed by atoms with van der Waals surface area (Å²) in [5.74, 6) is 2.97. The van der Waals surface area contributed by atoms with Gasteiger partial charge in [0.25, 0.3) is 0 Å². The molecule has 0 unspecified atom stereocenters. The molecule has 0 atom stereocenters. The molecule has 0 radical (unpaired) electrons. The van der Waals surface area contributed by atoms with Gasteiger partial charge in [-0.05, 0) is 37.3 Å². The van der Waals surface area contributed by atoms with Crippen molar-refractivity contribution in [1.29, 1.82) is 0 Å². The predicted molar refractivity (Wildman–Crippen MR) is 113 cm³/mol. The van der Waals surface area contributed by atoms with E-state index in [1.165, 1.54) is 12.8 Å². The molecule has 0 spiro atoms. The van der Waals surface area contributed by atoms with E-state index < -0.39 is 0 Å². The number of aliphatic imine (C=N–C) groups is 1. The molecule has 2 aliphatic rings. The summed E-state index contributed by atoms with van der Waals surface area (Å²) in [6.45, 7) is 12.8. The molecule has 1 aromatic rings. The Morgan fingerprint density at radius 3 is 2.39 bits per heavy atom. The fraction of sp³-hybridized carbons (Fsp3) is 0.667. The van der Waals surface area contributed by atoms with Crippen molar-refractivity contribution in [2.75, 3.05) is 50.7 Å². The summed E-state index contributed by atoms with van der Waals surface area (Å²) in [7, 11) is 0. The van der Waals surface area contributed by atoms with Gasteiger partial charge in [0.05, 0.1) is 6.54 Å². The molecule has 2 fully saturated rings. The summed E-state index contributed by atoms with van der Waals surface area (Å²) in [4.78, 5) is 27.5. The Morgan fingerprint density at radius 1 is 1.14 bits per heavy atom. The second-order valence-electron chi connectivity index (χ2n) is 7.86. The van der Waals surface area contributed by atoms with Gasteiger partial charge >= 0.3 is 0 Å². The van der Waals surface area contributed by atoms with Crippen molar-refractivity contribution in [1.82, 2.24) is 20.1 Å². The van der Waals surface area contributed by atoms with Gasteiger partial charge in [-0.1, -0.05) is 13.0 Å². The van der Waals surface area contributed by atoms with E-state index in [1.807, 2.05) is 11.1 Å². The van der Waals surface area contributed by atoms with Crippen LogP contribution < -0.4 is 10.2 Å². The topological polar surface area (TPSA) is 64.1 Å². The van der Waals surface area contributed by atoms with Crippen LogP contribution in [0.25, 0.3) is 0 Å². The summed E-state index contributed by atoms with van der Waals surface area (Å²) < 4.78 is 0. The summed E-state index contributed by atoms with van der Waals surface area (Å²) >= 11 is 0. The van der Waals surface area contributed by atoms with Crippen molar-refractivity contribution in [3.63, 3.8) is 0 Å². The molecule has 0 saturated carbocycles. The van der Waals surface area contributed by atoms with Crippen LogP contribution in [0.2, 0.25) is 0 Å². The summed E-state index contributed by atoms with van der Waals surface area (Å²) in [5, 5.41) is 3.38. The van der Waals surface area contributed by atoms with Crippen LogP contribution in [-0.2, 0) is 11.3 Å². The van der Waals surface area contributed by atoms with Gasteiger partial charge < -0.3 is 20.0 Å². The number of carbonyl (C=O) groups is 1. The SMILES string of the molecule is CCNC(=NCc1ccc(N2CCC(C)CC2)nc1)N1CCN(C(C)=O)CC1. The average Bonchev–Trinajstić information content (AvgIpc) is 2.72. The van der Waals surface area contributed by atoms with E-state index >= 15 is 0 Å². The highest BCUT2D eigenvalue weighted by molar-refractivity contribution is 5.80. The zero-order valence-corrected chi connectivity index (χ0v) is 17.5. The second kappa shape index (κ2) is 9.75. The number of guanidine groups is 1. The monoisotopic (exact) mass is 386 g/mol. The van der Waals surface area contributed by atoms with Crippen LogP contribution in [0.4, 0.5) is 5.82 Å². The fourth-order valence-corrected chi connectivity index (χ4v) is 3.76. The van der Waals surface area contributed by atoms with Gasteiger partial charge in [-0.2, -0.15) is 0 Å². The van der Waals surface area contributed by atoms with Crippen LogP contribution in [0, 0.1) is 5.92 Å². The molecule has 0 aliphatic carbocycles. The number of carbonyl (C=O) groups excluding carboxylic acids is 1. The molecule has 0 bridgehead atoms. The minimum absolute atomic E-state index is 0.149. The first-order valence-electron chi connectivity index (χ1n) is 10.6. The van der Waals surface area contributed by atoms with Crippen molar-refractivity contribution in [2.24, 2.45) is 10.9 Å². The summed E-state index contributed by atoms with van der Waals surface area (Å²) in [6.07, 6.45) is 4.45. The van der Waals surface area contributed by atoms with Crippen molar-refractivity contribution >= 4 is 17.7 Å². The average molecular weight is 387 g/mol. The molecule has 3 heterocycles. The molecular formula is C21H34N6O. The van der Waals surface area contributed by atoms with Crippen molar-refractivity contribution in [3.8, 4) is 0 Å². The van der Waals surface area contributed by atoms with E-state index in [9.17, 15) is 4.79 Å². The Labute approximate surface area is 168 Å². The summed E-state index contributed by atoms with van der Waals surface area (Å²) in [6, 6.07) is 4.26. The van der Waals surface area contributed by atoms with Crippen LogP contribution in [0.3, 0.4) is 0 Å². The Bertz CT molecular complexity index is 658. The minimum Gasteiger partial charge on any atom is -0.357 e. The highest BCUT2D eigenvalue weighted by Gasteiger charge is 2.21. The summed E-state index contributed by atoms with van der Waals surface area (Å²) in [5.41, 5.74) is 1.12. The number of pyridine rings is 1. The first kappa shape index (κ1) is 20.4. The predicted octanol–water partition coefficient (Wildman–Crippen LogP) is 1.95. The smallest absolute Gasteiger partial charge is 0.219 e. The molecule has 154 valence electrons. The lowest BCUT2D eigenvalue weighted by molar-refractivity contribution is -0.130. The molecular weight excluding hydrogens is 352 g/mol. The Balaban J connectivity index is 1.58. The van der Waals surface area contributed by atoms with Crippen LogP contribution in [0.1, 0.15) is 39.2 Å². The largest absolute Gasteiger partial charge is 0.357 e. The van der Waals surface area contributed by atoms with Crippen molar-refractivity contribution in [3.05, 3.63) is 23.9 Å². The van der Waals surface area contributed by atoms with Gasteiger partial charge in [0.1, 0.15) is 5.82 Å². The Morgan fingerprint density at radius 2 is 1.82 bits per heavy atom. The zero-order chi connectivity index (χ0) is 19.9. The number of amides is 1. The van der Waals surface area contributed by atoms with Gasteiger partial charge in [0.2, 0.25) is 5.91 Å². The molecule has 1 N–H and O–H groups in total. The molecule has 1 aromatic heterocycles. The van der Waals surface area contributed by atoms with Gasteiger partial charge in [-0.15, -0.1) is 0 Å². The lowest BCUT2D eigenvalue weighted by atomic mass is 9.99. The zero-order valence-electron chi connectivity index (χ0n) is 17.5. The number of nitrogens with zero attached hydrogens (tertiary/aromatic N) is 5. The standard InChI is InChI=1S/C21H34N6O/c1-4-22-21(27-13-11-25(12-14-27)18(3)28)24-16-19-5-6-20(23-15-19)26-9-7-17(2)8-10-26/h5-6,15,17H,4,7-14,16H2,1-3H3,(H,22,24). The quantitative estimate of drug-likeness (QED) is 0.633. The third-order valence-corrected chi connectivity index (χ3v) is 5.69. The van der Waals surface area contributed by atoms with E-state index in [2.05, 4.69) is 46.1 Å². The second-order valence-corrected chi connectivity index (χ2v) is 7.86. The van der Waals surface area contributed by atoms with E-state index in [4.69, 9.17) is 4.99 Å². The van der Waals surface area contributed by atoms with Crippen LogP contribution in [0.15, 0.2) is 23.3 Å². The lowest BCUT2D eigenvalue weighted by Crippen LogP contribution is -2.53. The van der Waals surface area contributed by atoms with Crippen molar-refractivity contribution in [2.45, 2.75) is 40.2 Å². The molecule has 7 nitrogen and oxygen atoms in total. The number of hydrogen-bond donors (Lipinski definition) is 1. The van der Waals surface area contributed by atoms with E-state index in [-0.39, 0.29) is 5.91 Å². The Kier molecular flexibility index (Phi) is 7.12. The van der Waals surface area contributed by atoms with Gasteiger partial charge in [0.15, 0.2) is 5.96 Å². The molecule has 28 heavy (non-hydrogen) atoms. The van der Waals surface area contributed by atoms with Crippen LogP contribution >= 0.6 is 0 Å². The number of hydrogen-bond acceptors (Lipinski definition) is 4. The number of piperidine rings is 1. The van der Waals surface area contributed by atoms with E-state index in [1.54, 1.807) is 6.92 Å². The van der Waals surface area contributed by atoms with E-state index in [0.29, 0.717) is 6.54 Å². The maximum atomic E-state index is 11.5. The number of aromatic nitrogens is 1. The third-order valence-electron chi connectivity index (χ3n) is 5.69. The normalized spacial score (nSPS) is 19.1. The maximum Gasteiger partial charge on any atom is 0.219 e.